The van der Waals surface area contributed by atoms with E-state index in [4.69, 9.17) is 9.05 Å². The summed E-state index contributed by atoms with van der Waals surface area (Å²) >= 11 is 0. The number of nitrogens with one attached hydrogen (secondary N) is 1. The summed E-state index contributed by atoms with van der Waals surface area (Å²) in [5.74, 6) is -0.578. The Balaban J connectivity index is 2.40. The maximum atomic E-state index is 13.5. The van der Waals surface area contributed by atoms with E-state index in [1.165, 1.54) is 0 Å². The summed E-state index contributed by atoms with van der Waals surface area (Å²) in [6, 6.07) is 17.8. The molecule has 0 aliphatic rings. The molecule has 5 nitrogen and oxygen atoms in total. The van der Waals surface area contributed by atoms with E-state index in [2.05, 4.69) is 36.2 Å². The first kappa shape index (κ1) is 21.5. The van der Waals surface area contributed by atoms with Crippen molar-refractivity contribution >= 4 is 19.0 Å². The quantitative estimate of drug-likeness (QED) is 0.483. The van der Waals surface area contributed by atoms with E-state index in [-0.39, 0.29) is 0 Å². The highest BCUT2D eigenvalue weighted by Gasteiger charge is 2.37. The van der Waals surface area contributed by atoms with Crippen molar-refractivity contribution in [3.05, 3.63) is 60.2 Å². The molecule has 1 atom stereocenters. The van der Waals surface area contributed by atoms with E-state index in [0.29, 0.717) is 13.2 Å². The van der Waals surface area contributed by atoms with Crippen LogP contribution in [-0.4, -0.2) is 26.3 Å². The van der Waals surface area contributed by atoms with Crippen molar-refractivity contribution in [3.63, 3.8) is 0 Å². The van der Waals surface area contributed by atoms with Crippen LogP contribution in [0.1, 0.15) is 39.0 Å². The van der Waals surface area contributed by atoms with Crippen LogP contribution >= 0.6 is 7.60 Å². The van der Waals surface area contributed by atoms with Gasteiger partial charge in [0.1, 0.15) is 0 Å². The number of rotatable bonds is 11. The molecule has 0 saturated carbocycles. The summed E-state index contributed by atoms with van der Waals surface area (Å²) < 4.78 is 24.8. The second kappa shape index (κ2) is 10.5. The van der Waals surface area contributed by atoms with E-state index in [1.807, 2.05) is 56.3 Å². The standard InChI is InChI=1S/C21H31N2O3P/c1-5-23(6-2)20-16-14-18(15-17-20)21(22-19-12-10-9-11-13-19)27(24,25-7-3)26-8-4/h9-17,21-22H,5-8H2,1-4H3. The molecule has 6 heteroatoms. The molecule has 0 saturated heterocycles. The molecule has 0 aliphatic carbocycles. The van der Waals surface area contributed by atoms with Crippen LogP contribution < -0.4 is 10.2 Å². The molecule has 0 spiro atoms. The van der Waals surface area contributed by atoms with Crippen molar-refractivity contribution in [2.45, 2.75) is 33.5 Å². The van der Waals surface area contributed by atoms with Crippen LogP contribution in [0.15, 0.2) is 54.6 Å². The minimum absolute atomic E-state index is 0.321. The Labute approximate surface area is 163 Å². The predicted octanol–water partition coefficient (Wildman–Crippen LogP) is 5.91. The average Bonchev–Trinajstić information content (AvgIpc) is 2.69. The molecular weight excluding hydrogens is 359 g/mol. The summed E-state index contributed by atoms with van der Waals surface area (Å²) in [4.78, 5) is 2.27. The highest BCUT2D eigenvalue weighted by Crippen LogP contribution is 2.60. The van der Waals surface area contributed by atoms with Gasteiger partial charge in [0.05, 0.1) is 13.2 Å². The molecule has 27 heavy (non-hydrogen) atoms. The molecule has 0 fully saturated rings. The number of benzene rings is 2. The lowest BCUT2D eigenvalue weighted by Crippen LogP contribution is -2.22. The number of hydrogen-bond acceptors (Lipinski definition) is 5. The maximum Gasteiger partial charge on any atom is 0.357 e. The van der Waals surface area contributed by atoms with Gasteiger partial charge in [-0.3, -0.25) is 4.57 Å². The minimum atomic E-state index is -3.39. The van der Waals surface area contributed by atoms with Crippen molar-refractivity contribution in [3.8, 4) is 0 Å². The van der Waals surface area contributed by atoms with Crippen LogP contribution in [0.2, 0.25) is 0 Å². The monoisotopic (exact) mass is 390 g/mol. The fourth-order valence-electron chi connectivity index (χ4n) is 3.04. The molecule has 0 bridgehead atoms. The van der Waals surface area contributed by atoms with Gasteiger partial charge in [-0.25, -0.2) is 0 Å². The third-order valence-corrected chi connectivity index (χ3v) is 6.64. The van der Waals surface area contributed by atoms with E-state index in [9.17, 15) is 4.57 Å². The van der Waals surface area contributed by atoms with Crippen LogP contribution in [0.25, 0.3) is 0 Å². The van der Waals surface area contributed by atoms with Crippen LogP contribution in [0.5, 0.6) is 0 Å². The SMILES string of the molecule is CCOP(=O)(OCC)C(Nc1ccccc1)c1ccc(N(CC)CC)cc1. The Bertz CT molecular complexity index is 708. The van der Waals surface area contributed by atoms with Gasteiger partial charge in [0.2, 0.25) is 0 Å². The van der Waals surface area contributed by atoms with Gasteiger partial charge < -0.3 is 19.3 Å². The molecular formula is C21H31N2O3P. The highest BCUT2D eigenvalue weighted by atomic mass is 31.2. The van der Waals surface area contributed by atoms with E-state index < -0.39 is 13.4 Å². The fourth-order valence-corrected chi connectivity index (χ4v) is 4.98. The largest absolute Gasteiger partial charge is 0.372 e. The molecule has 0 heterocycles. The van der Waals surface area contributed by atoms with Crippen LogP contribution in [0.3, 0.4) is 0 Å². The van der Waals surface area contributed by atoms with Gasteiger partial charge in [0.25, 0.3) is 0 Å². The van der Waals surface area contributed by atoms with Gasteiger partial charge in [-0.1, -0.05) is 30.3 Å². The zero-order valence-electron chi connectivity index (χ0n) is 16.7. The normalized spacial score (nSPS) is 12.6. The van der Waals surface area contributed by atoms with Crippen molar-refractivity contribution in [1.29, 1.82) is 0 Å². The van der Waals surface area contributed by atoms with Crippen LogP contribution in [0, 0.1) is 0 Å². The van der Waals surface area contributed by atoms with Gasteiger partial charge >= 0.3 is 7.60 Å². The van der Waals surface area contributed by atoms with Gasteiger partial charge in [0, 0.05) is 24.5 Å². The zero-order chi connectivity index (χ0) is 19.7. The lowest BCUT2D eigenvalue weighted by atomic mass is 10.2. The predicted molar refractivity (Wildman–Crippen MR) is 114 cm³/mol. The Kier molecular flexibility index (Phi) is 8.36. The third-order valence-electron chi connectivity index (χ3n) is 4.35. The van der Waals surface area contributed by atoms with Gasteiger partial charge in [0.15, 0.2) is 5.78 Å². The minimum Gasteiger partial charge on any atom is -0.372 e. The molecule has 2 rings (SSSR count). The summed E-state index contributed by atoms with van der Waals surface area (Å²) in [6.07, 6.45) is 0. The summed E-state index contributed by atoms with van der Waals surface area (Å²) in [6.45, 7) is 10.5. The summed E-state index contributed by atoms with van der Waals surface area (Å²) in [7, 11) is -3.39. The van der Waals surface area contributed by atoms with E-state index in [0.717, 1.165) is 30.0 Å². The Morgan fingerprint density at radius 2 is 1.44 bits per heavy atom. The second-order valence-corrected chi connectivity index (χ2v) is 8.16. The van der Waals surface area contributed by atoms with Crippen molar-refractivity contribution in [1.82, 2.24) is 0 Å². The molecule has 148 valence electrons. The van der Waals surface area contributed by atoms with Gasteiger partial charge in [-0.05, 0) is 57.5 Å². The van der Waals surface area contributed by atoms with Gasteiger partial charge in [-0.2, -0.15) is 0 Å². The highest BCUT2D eigenvalue weighted by molar-refractivity contribution is 7.54. The summed E-state index contributed by atoms with van der Waals surface area (Å²) in [5.41, 5.74) is 2.89. The Morgan fingerprint density at radius 1 is 0.889 bits per heavy atom. The molecule has 2 aromatic rings. The number of hydrogen-bond donors (Lipinski definition) is 1. The van der Waals surface area contributed by atoms with Crippen LogP contribution in [-0.2, 0) is 13.6 Å². The third kappa shape index (κ3) is 5.58. The number of nitrogens with zero attached hydrogens (tertiary/aromatic N) is 1. The lowest BCUT2D eigenvalue weighted by molar-refractivity contribution is 0.214. The van der Waals surface area contributed by atoms with Crippen molar-refractivity contribution in [2.24, 2.45) is 0 Å². The van der Waals surface area contributed by atoms with Crippen molar-refractivity contribution in [2.75, 3.05) is 36.5 Å². The average molecular weight is 390 g/mol. The zero-order valence-corrected chi connectivity index (χ0v) is 17.6. The molecule has 0 amide bonds. The maximum absolute atomic E-state index is 13.5. The Hall–Kier alpha value is -1.81. The molecule has 0 aromatic heterocycles. The van der Waals surface area contributed by atoms with E-state index >= 15 is 0 Å². The topological polar surface area (TPSA) is 50.8 Å². The van der Waals surface area contributed by atoms with Crippen LogP contribution in [0.4, 0.5) is 11.4 Å². The number of anilines is 2. The first-order valence-corrected chi connectivity index (χ1v) is 11.2. The van der Waals surface area contributed by atoms with Crippen molar-refractivity contribution < 1.29 is 13.6 Å². The second-order valence-electron chi connectivity index (χ2n) is 6.05. The molecule has 1 N–H and O–H groups in total. The molecule has 2 aromatic carbocycles. The summed E-state index contributed by atoms with van der Waals surface area (Å²) in [5, 5.41) is 3.36. The smallest absolute Gasteiger partial charge is 0.357 e. The first-order chi connectivity index (χ1) is 13.1. The lowest BCUT2D eigenvalue weighted by Gasteiger charge is -2.29. The molecule has 1 unspecified atom stereocenters. The van der Waals surface area contributed by atoms with E-state index in [1.54, 1.807) is 0 Å². The molecule has 0 radical (unpaired) electrons. The molecule has 0 aliphatic heterocycles. The fraction of sp³-hybridized carbons (Fsp3) is 0.429. The first-order valence-electron chi connectivity index (χ1n) is 9.63. The van der Waals surface area contributed by atoms with Gasteiger partial charge in [-0.15, -0.1) is 0 Å². The number of para-hydroxylation sites is 1. The Morgan fingerprint density at radius 3 is 1.93 bits per heavy atom.